The highest BCUT2D eigenvalue weighted by atomic mass is 32.1. The van der Waals surface area contributed by atoms with Gasteiger partial charge in [0.25, 0.3) is 0 Å². The molecule has 1 unspecified atom stereocenters. The smallest absolute Gasteiger partial charge is 0.245 e. The highest BCUT2D eigenvalue weighted by Gasteiger charge is 2.15. The van der Waals surface area contributed by atoms with Gasteiger partial charge in [0.1, 0.15) is 0 Å². The van der Waals surface area contributed by atoms with Crippen LogP contribution in [-0.2, 0) is 11.2 Å². The number of anilines is 1. The van der Waals surface area contributed by atoms with E-state index in [2.05, 4.69) is 42.1 Å². The molecule has 0 spiro atoms. The maximum Gasteiger partial charge on any atom is 0.245 e. The summed E-state index contributed by atoms with van der Waals surface area (Å²) in [7, 11) is 0. The van der Waals surface area contributed by atoms with Gasteiger partial charge in [-0.3, -0.25) is 15.6 Å². The Hall–Kier alpha value is -2.40. The molecule has 2 rings (SSSR count). The van der Waals surface area contributed by atoms with Gasteiger partial charge >= 0.3 is 0 Å². The van der Waals surface area contributed by atoms with Crippen LogP contribution < -0.4 is 16.2 Å². The average molecular weight is 370 g/mol. The highest BCUT2D eigenvalue weighted by Crippen LogP contribution is 2.17. The first-order valence-corrected chi connectivity index (χ1v) is 9.28. The summed E-state index contributed by atoms with van der Waals surface area (Å²) < 4.78 is 0. The van der Waals surface area contributed by atoms with E-state index in [1.54, 1.807) is 0 Å². The zero-order valence-corrected chi connectivity index (χ0v) is 16.6. The number of benzene rings is 2. The van der Waals surface area contributed by atoms with Gasteiger partial charge in [-0.15, -0.1) is 0 Å². The number of hydrogen-bond acceptors (Lipinski definition) is 2. The molecule has 0 bridgehead atoms. The lowest BCUT2D eigenvalue weighted by Crippen LogP contribution is -2.45. The molecular formula is C21H27N3OS. The van der Waals surface area contributed by atoms with Gasteiger partial charge in [-0.2, -0.15) is 0 Å². The van der Waals surface area contributed by atoms with E-state index in [1.807, 2.05) is 50.2 Å². The van der Waals surface area contributed by atoms with Crippen LogP contribution in [0.25, 0.3) is 0 Å². The van der Waals surface area contributed by atoms with Crippen molar-refractivity contribution < 1.29 is 4.79 Å². The summed E-state index contributed by atoms with van der Waals surface area (Å²) in [5.41, 5.74) is 9.74. The molecule has 0 aromatic heterocycles. The summed E-state index contributed by atoms with van der Waals surface area (Å²) in [6, 6.07) is 16.1. The van der Waals surface area contributed by atoms with Gasteiger partial charge in [-0.25, -0.2) is 0 Å². The average Bonchev–Trinajstić information content (AvgIpc) is 2.61. The van der Waals surface area contributed by atoms with Gasteiger partial charge < -0.3 is 5.32 Å². The lowest BCUT2D eigenvalue weighted by atomic mass is 9.96. The summed E-state index contributed by atoms with van der Waals surface area (Å²) in [5.74, 6) is 0.222. The number of thiocarbonyl (C=S) groups is 1. The van der Waals surface area contributed by atoms with Gasteiger partial charge in [0.15, 0.2) is 5.11 Å². The van der Waals surface area contributed by atoms with Crippen molar-refractivity contribution in [2.75, 3.05) is 5.32 Å². The molecule has 0 fully saturated rings. The number of nitrogens with one attached hydrogen (secondary N) is 3. The lowest BCUT2D eigenvalue weighted by molar-refractivity contribution is -0.122. The van der Waals surface area contributed by atoms with E-state index in [0.717, 1.165) is 17.7 Å². The molecular weight excluding hydrogens is 342 g/mol. The summed E-state index contributed by atoms with van der Waals surface area (Å²) >= 11 is 5.21. The molecule has 1 amide bonds. The van der Waals surface area contributed by atoms with Gasteiger partial charge in [0.2, 0.25) is 5.91 Å². The Morgan fingerprint density at radius 1 is 0.962 bits per heavy atom. The monoisotopic (exact) mass is 369 g/mol. The maximum atomic E-state index is 12.3. The SMILES string of the molecule is Cc1ccc(NC(=S)NNC(=O)C(C)c2ccc(CC(C)C)cc2)cc1. The quantitative estimate of drug-likeness (QED) is 0.543. The van der Waals surface area contributed by atoms with Crippen molar-refractivity contribution in [3.63, 3.8) is 0 Å². The molecule has 0 saturated carbocycles. The minimum atomic E-state index is -0.266. The fourth-order valence-corrected chi connectivity index (χ4v) is 2.76. The molecule has 0 aliphatic carbocycles. The molecule has 0 radical (unpaired) electrons. The number of carbonyl (C=O) groups is 1. The molecule has 4 nitrogen and oxygen atoms in total. The Kier molecular flexibility index (Phi) is 7.16. The summed E-state index contributed by atoms with van der Waals surface area (Å²) in [6.07, 6.45) is 1.04. The van der Waals surface area contributed by atoms with Crippen molar-refractivity contribution in [3.05, 3.63) is 65.2 Å². The second-order valence-electron chi connectivity index (χ2n) is 7.00. The van der Waals surface area contributed by atoms with Gasteiger partial charge in [0.05, 0.1) is 5.92 Å². The molecule has 1 atom stereocenters. The molecule has 2 aromatic carbocycles. The second-order valence-corrected chi connectivity index (χ2v) is 7.40. The molecule has 138 valence electrons. The zero-order chi connectivity index (χ0) is 19.1. The first-order chi connectivity index (χ1) is 12.3. The Morgan fingerprint density at radius 2 is 1.58 bits per heavy atom. The zero-order valence-electron chi connectivity index (χ0n) is 15.8. The fraction of sp³-hybridized carbons (Fsp3) is 0.333. The number of hydrogen-bond donors (Lipinski definition) is 3. The van der Waals surface area contributed by atoms with Crippen LogP contribution >= 0.6 is 12.2 Å². The van der Waals surface area contributed by atoms with Crippen molar-refractivity contribution >= 4 is 28.9 Å². The molecule has 5 heteroatoms. The summed E-state index contributed by atoms with van der Waals surface area (Å²) in [6.45, 7) is 8.30. The van der Waals surface area contributed by atoms with E-state index in [9.17, 15) is 4.79 Å². The second kappa shape index (κ2) is 9.34. The number of amides is 1. The molecule has 0 aliphatic rings. The molecule has 3 N–H and O–H groups in total. The van der Waals surface area contributed by atoms with Crippen molar-refractivity contribution in [2.45, 2.75) is 40.0 Å². The first kappa shape index (κ1) is 19.9. The highest BCUT2D eigenvalue weighted by molar-refractivity contribution is 7.80. The van der Waals surface area contributed by atoms with E-state index in [-0.39, 0.29) is 11.8 Å². The maximum absolute atomic E-state index is 12.3. The number of aryl methyl sites for hydroxylation is 1. The van der Waals surface area contributed by atoms with E-state index in [4.69, 9.17) is 12.2 Å². The third-order valence-electron chi connectivity index (χ3n) is 4.13. The van der Waals surface area contributed by atoms with Crippen molar-refractivity contribution in [1.82, 2.24) is 10.9 Å². The van der Waals surface area contributed by atoms with E-state index < -0.39 is 0 Å². The predicted molar refractivity (Wildman–Crippen MR) is 112 cm³/mol. The predicted octanol–water partition coefficient (Wildman–Crippen LogP) is 4.31. The Labute approximate surface area is 161 Å². The summed E-state index contributed by atoms with van der Waals surface area (Å²) in [5, 5.41) is 3.38. The van der Waals surface area contributed by atoms with Crippen LogP contribution in [0.1, 0.15) is 43.4 Å². The van der Waals surface area contributed by atoms with Crippen molar-refractivity contribution in [3.8, 4) is 0 Å². The largest absolute Gasteiger partial charge is 0.331 e. The van der Waals surface area contributed by atoms with Crippen LogP contribution in [0, 0.1) is 12.8 Å². The number of hydrazine groups is 1. The Balaban J connectivity index is 1.84. The third-order valence-corrected chi connectivity index (χ3v) is 4.33. The minimum Gasteiger partial charge on any atom is -0.331 e. The van der Waals surface area contributed by atoms with Crippen LogP contribution in [0.4, 0.5) is 5.69 Å². The van der Waals surface area contributed by atoms with Crippen LogP contribution in [0.15, 0.2) is 48.5 Å². The Morgan fingerprint density at radius 3 is 2.15 bits per heavy atom. The normalized spacial score (nSPS) is 11.7. The first-order valence-electron chi connectivity index (χ1n) is 8.87. The topological polar surface area (TPSA) is 53.2 Å². The van der Waals surface area contributed by atoms with E-state index >= 15 is 0 Å². The lowest BCUT2D eigenvalue weighted by Gasteiger charge is -2.16. The van der Waals surface area contributed by atoms with Crippen LogP contribution in [0.3, 0.4) is 0 Å². The molecule has 26 heavy (non-hydrogen) atoms. The van der Waals surface area contributed by atoms with E-state index in [1.165, 1.54) is 11.1 Å². The fourth-order valence-electron chi connectivity index (χ4n) is 2.59. The standard InChI is InChI=1S/C21H27N3OS/c1-14(2)13-17-7-9-18(10-8-17)16(4)20(25)23-24-21(26)22-19-11-5-15(3)6-12-19/h5-12,14,16H,13H2,1-4H3,(H,23,25)(H2,22,24,26). The van der Waals surface area contributed by atoms with Crippen molar-refractivity contribution in [2.24, 2.45) is 5.92 Å². The Bertz CT molecular complexity index is 739. The number of carbonyl (C=O) groups excluding carboxylic acids is 1. The van der Waals surface area contributed by atoms with Gasteiger partial charge in [0, 0.05) is 5.69 Å². The van der Waals surface area contributed by atoms with Gasteiger partial charge in [-0.05, 0) is 61.7 Å². The van der Waals surface area contributed by atoms with Crippen LogP contribution in [0.5, 0.6) is 0 Å². The molecule has 2 aromatic rings. The third kappa shape index (κ3) is 6.15. The minimum absolute atomic E-state index is 0.130. The van der Waals surface area contributed by atoms with Crippen molar-refractivity contribution in [1.29, 1.82) is 0 Å². The van der Waals surface area contributed by atoms with Crippen LogP contribution in [-0.4, -0.2) is 11.0 Å². The molecule has 0 saturated heterocycles. The number of rotatable bonds is 5. The summed E-state index contributed by atoms with van der Waals surface area (Å²) in [4.78, 5) is 12.3. The molecule has 0 aliphatic heterocycles. The van der Waals surface area contributed by atoms with Gasteiger partial charge in [-0.1, -0.05) is 55.8 Å². The molecule has 0 heterocycles. The van der Waals surface area contributed by atoms with E-state index in [0.29, 0.717) is 11.0 Å². The van der Waals surface area contributed by atoms with Crippen LogP contribution in [0.2, 0.25) is 0 Å².